The summed E-state index contributed by atoms with van der Waals surface area (Å²) in [5, 5.41) is 5.84. The minimum absolute atomic E-state index is 0.299. The maximum absolute atomic E-state index is 14.1. The molecule has 0 fully saturated rings. The molecule has 2 aromatic heterocycles. The second kappa shape index (κ2) is 12.0. The topological polar surface area (TPSA) is 116 Å². The third-order valence-corrected chi connectivity index (χ3v) is 5.13. The highest BCUT2D eigenvalue weighted by Gasteiger charge is 2.20. The normalized spacial score (nSPS) is 10.7. The summed E-state index contributed by atoms with van der Waals surface area (Å²) in [5.74, 6) is -3.01. The molecule has 2 heterocycles. The molecule has 0 saturated carbocycles. The molecule has 1 amide bonds. The molecule has 4 rings (SSSR count). The molecule has 4 aromatic rings. The number of fused-ring (bicyclic) bond motifs is 1. The number of nitrogens with two attached hydrogens (primary N) is 1. The van der Waals surface area contributed by atoms with E-state index in [1.807, 2.05) is 39.2 Å². The molecule has 188 valence electrons. The molecule has 36 heavy (non-hydrogen) atoms. The van der Waals surface area contributed by atoms with E-state index in [4.69, 9.17) is 10.6 Å². The number of carbonyl (C=O) groups is 1. The van der Waals surface area contributed by atoms with E-state index in [1.54, 1.807) is 6.07 Å². The van der Waals surface area contributed by atoms with Crippen LogP contribution in [-0.2, 0) is 6.54 Å². The van der Waals surface area contributed by atoms with E-state index < -0.39 is 23.1 Å². The Hall–Kier alpha value is -4.18. The van der Waals surface area contributed by atoms with Gasteiger partial charge in [0.1, 0.15) is 17.0 Å². The summed E-state index contributed by atoms with van der Waals surface area (Å²) in [6, 6.07) is 13.8. The van der Waals surface area contributed by atoms with Crippen molar-refractivity contribution in [1.29, 1.82) is 0 Å². The van der Waals surface area contributed by atoms with Crippen LogP contribution in [0.2, 0.25) is 0 Å². The van der Waals surface area contributed by atoms with Crippen molar-refractivity contribution in [3.63, 3.8) is 0 Å². The van der Waals surface area contributed by atoms with Gasteiger partial charge < -0.3 is 20.9 Å². The summed E-state index contributed by atoms with van der Waals surface area (Å²) in [6.07, 6.45) is 2.29. The number of nitrogen functional groups attached to an aromatic ring is 1. The first kappa shape index (κ1) is 26.4. The van der Waals surface area contributed by atoms with Gasteiger partial charge in [-0.1, -0.05) is 30.3 Å². The number of halogens is 2. The molecule has 0 aliphatic rings. The molecule has 0 bridgehead atoms. The average molecular weight is 495 g/mol. The van der Waals surface area contributed by atoms with Crippen molar-refractivity contribution in [2.45, 2.75) is 19.9 Å². The summed E-state index contributed by atoms with van der Waals surface area (Å²) < 4.78 is 28.1. The van der Waals surface area contributed by atoms with E-state index in [1.165, 1.54) is 11.8 Å². The molecule has 0 spiro atoms. The van der Waals surface area contributed by atoms with Gasteiger partial charge in [-0.25, -0.2) is 13.8 Å². The SMILES string of the molecule is CCCN=O.CN(C)Cc1cccc(-c2cc3cc(NC(=O)c4c(F)ccc(N)c4F)cnc3[nH]2)c1. The van der Waals surface area contributed by atoms with Crippen LogP contribution in [0.1, 0.15) is 29.3 Å². The number of hydrogen-bond donors (Lipinski definition) is 3. The lowest BCUT2D eigenvalue weighted by atomic mass is 10.1. The standard InChI is InChI=1S/C23H21F2N5O.C3H7NO/c1-30(2)12-13-4-3-5-14(8-13)19-10-15-9-16(11-27-22(15)29-19)28-23(31)20-17(24)6-7-18(26)21(20)25;1-2-3-4-5/h3-11H,12,26H2,1-2H3,(H,27,29)(H,28,31);2-3H2,1H3. The van der Waals surface area contributed by atoms with Gasteiger partial charge in [0.15, 0.2) is 5.82 Å². The van der Waals surface area contributed by atoms with Crippen LogP contribution in [-0.4, -0.2) is 41.4 Å². The molecule has 0 unspecified atom stereocenters. The van der Waals surface area contributed by atoms with Gasteiger partial charge in [-0.2, -0.15) is 4.91 Å². The smallest absolute Gasteiger partial charge is 0.261 e. The maximum Gasteiger partial charge on any atom is 0.261 e. The van der Waals surface area contributed by atoms with E-state index >= 15 is 0 Å². The second-order valence-corrected chi connectivity index (χ2v) is 8.42. The fourth-order valence-electron chi connectivity index (χ4n) is 3.50. The van der Waals surface area contributed by atoms with E-state index in [9.17, 15) is 13.6 Å². The molecule has 4 N–H and O–H groups in total. The minimum Gasteiger partial charge on any atom is -0.396 e. The van der Waals surface area contributed by atoms with Gasteiger partial charge in [-0.15, -0.1) is 0 Å². The Labute approximate surface area is 207 Å². The highest BCUT2D eigenvalue weighted by molar-refractivity contribution is 6.05. The van der Waals surface area contributed by atoms with Crippen molar-refractivity contribution in [2.75, 3.05) is 31.7 Å². The number of anilines is 2. The van der Waals surface area contributed by atoms with Gasteiger partial charge in [-0.05, 0) is 62.0 Å². The summed E-state index contributed by atoms with van der Waals surface area (Å²) in [4.78, 5) is 31.2. The Morgan fingerprint density at radius 3 is 2.61 bits per heavy atom. The van der Waals surface area contributed by atoms with Crippen molar-refractivity contribution in [1.82, 2.24) is 14.9 Å². The summed E-state index contributed by atoms with van der Waals surface area (Å²) in [6.45, 7) is 3.20. The highest BCUT2D eigenvalue weighted by atomic mass is 19.1. The van der Waals surface area contributed by atoms with Crippen LogP contribution in [0, 0.1) is 16.5 Å². The zero-order valence-electron chi connectivity index (χ0n) is 20.3. The van der Waals surface area contributed by atoms with Crippen molar-refractivity contribution in [3.05, 3.63) is 82.4 Å². The minimum atomic E-state index is -1.09. The first-order valence-corrected chi connectivity index (χ1v) is 11.3. The Morgan fingerprint density at radius 1 is 1.17 bits per heavy atom. The number of nitrogens with zero attached hydrogens (tertiary/aromatic N) is 3. The van der Waals surface area contributed by atoms with Crippen molar-refractivity contribution in [2.24, 2.45) is 5.18 Å². The Kier molecular flexibility index (Phi) is 8.80. The largest absolute Gasteiger partial charge is 0.396 e. The molecule has 0 radical (unpaired) electrons. The van der Waals surface area contributed by atoms with Crippen LogP contribution >= 0.6 is 0 Å². The molecular formula is C26H28F2N6O2. The molecular weight excluding hydrogens is 466 g/mol. The van der Waals surface area contributed by atoms with Crippen LogP contribution in [0.15, 0.2) is 59.9 Å². The van der Waals surface area contributed by atoms with E-state index in [0.29, 0.717) is 17.9 Å². The lowest BCUT2D eigenvalue weighted by molar-refractivity contribution is 0.101. The maximum atomic E-state index is 14.1. The number of hydrogen-bond acceptors (Lipinski definition) is 6. The Bertz CT molecular complexity index is 1370. The molecule has 10 heteroatoms. The number of rotatable bonds is 7. The number of aromatic amines is 1. The van der Waals surface area contributed by atoms with E-state index in [-0.39, 0.29) is 5.69 Å². The van der Waals surface area contributed by atoms with Crippen LogP contribution < -0.4 is 11.1 Å². The number of nitroso groups, excluding NO2 is 1. The fraction of sp³-hybridized carbons (Fsp3) is 0.231. The van der Waals surface area contributed by atoms with Gasteiger partial charge in [0, 0.05) is 17.6 Å². The van der Waals surface area contributed by atoms with Gasteiger partial charge in [0.2, 0.25) is 0 Å². The number of amides is 1. The van der Waals surface area contributed by atoms with Crippen LogP contribution in [0.5, 0.6) is 0 Å². The monoisotopic (exact) mass is 494 g/mol. The second-order valence-electron chi connectivity index (χ2n) is 8.42. The van der Waals surface area contributed by atoms with E-state index in [0.717, 1.165) is 41.7 Å². The lowest BCUT2D eigenvalue weighted by Gasteiger charge is -2.10. The first-order chi connectivity index (χ1) is 17.2. The quantitative estimate of drug-likeness (QED) is 0.230. The van der Waals surface area contributed by atoms with Crippen LogP contribution in [0.3, 0.4) is 0 Å². The van der Waals surface area contributed by atoms with Crippen molar-refractivity contribution < 1.29 is 13.6 Å². The number of carbonyl (C=O) groups excluding carboxylic acids is 1. The molecule has 0 saturated heterocycles. The average Bonchev–Trinajstić information content (AvgIpc) is 3.26. The highest BCUT2D eigenvalue weighted by Crippen LogP contribution is 2.26. The molecule has 0 aliphatic carbocycles. The third-order valence-electron chi connectivity index (χ3n) is 5.13. The first-order valence-electron chi connectivity index (χ1n) is 11.3. The van der Waals surface area contributed by atoms with Gasteiger partial charge in [-0.3, -0.25) is 4.79 Å². The zero-order valence-corrected chi connectivity index (χ0v) is 20.3. The Morgan fingerprint density at radius 2 is 1.94 bits per heavy atom. The number of benzene rings is 2. The predicted molar refractivity (Wildman–Crippen MR) is 139 cm³/mol. The number of H-pyrrole nitrogens is 1. The lowest BCUT2D eigenvalue weighted by Crippen LogP contribution is -2.17. The zero-order chi connectivity index (χ0) is 26.2. The van der Waals surface area contributed by atoms with Crippen molar-refractivity contribution >= 4 is 28.3 Å². The fourth-order valence-corrected chi connectivity index (χ4v) is 3.50. The molecule has 0 aliphatic heterocycles. The Balaban J connectivity index is 0.000000658. The van der Waals surface area contributed by atoms with Crippen LogP contribution in [0.4, 0.5) is 20.2 Å². The molecule has 0 atom stereocenters. The van der Waals surface area contributed by atoms with E-state index in [2.05, 4.69) is 37.5 Å². The summed E-state index contributed by atoms with van der Waals surface area (Å²) in [7, 11) is 4.02. The van der Waals surface area contributed by atoms with Gasteiger partial charge >= 0.3 is 0 Å². The number of nitrogens with one attached hydrogen (secondary N) is 2. The third kappa shape index (κ3) is 6.48. The molecule has 2 aromatic carbocycles. The predicted octanol–water partition coefficient (Wildman–Crippen LogP) is 5.57. The number of aromatic nitrogens is 2. The van der Waals surface area contributed by atoms with Crippen LogP contribution in [0.25, 0.3) is 22.3 Å². The van der Waals surface area contributed by atoms with Gasteiger partial charge in [0.05, 0.1) is 24.1 Å². The summed E-state index contributed by atoms with van der Waals surface area (Å²) in [5.41, 5.74) is 8.42. The van der Waals surface area contributed by atoms with Crippen molar-refractivity contribution in [3.8, 4) is 11.3 Å². The number of pyridine rings is 1. The summed E-state index contributed by atoms with van der Waals surface area (Å²) >= 11 is 0. The van der Waals surface area contributed by atoms with Gasteiger partial charge in [0.25, 0.3) is 5.91 Å². The molecule has 8 nitrogen and oxygen atoms in total.